The van der Waals surface area contributed by atoms with Gasteiger partial charge in [0.15, 0.2) is 5.82 Å². The molecule has 0 aliphatic heterocycles. The third kappa shape index (κ3) is 2.27. The summed E-state index contributed by atoms with van der Waals surface area (Å²) in [5.74, 6) is -1.20. The van der Waals surface area contributed by atoms with Crippen molar-refractivity contribution in [3.63, 3.8) is 0 Å². The van der Waals surface area contributed by atoms with Crippen LogP contribution in [0.1, 0.15) is 11.1 Å². The van der Waals surface area contributed by atoms with E-state index in [9.17, 15) is 8.78 Å². The van der Waals surface area contributed by atoms with Crippen LogP contribution in [0.5, 0.6) is 0 Å². The summed E-state index contributed by atoms with van der Waals surface area (Å²) in [6, 6.07) is 7.78. The summed E-state index contributed by atoms with van der Waals surface area (Å²) in [5, 5.41) is 2.74. The van der Waals surface area contributed by atoms with E-state index in [0.717, 1.165) is 5.56 Å². The molecule has 2 rings (SSSR count). The molecular weight excluding hydrogens is 234 g/mol. The van der Waals surface area contributed by atoms with E-state index in [1.807, 2.05) is 6.92 Å². The van der Waals surface area contributed by atoms with Crippen molar-refractivity contribution in [3.8, 4) is 0 Å². The number of hydrogen-bond donors (Lipinski definition) is 2. The van der Waals surface area contributed by atoms with Crippen molar-refractivity contribution < 1.29 is 8.78 Å². The van der Waals surface area contributed by atoms with Crippen molar-refractivity contribution in [1.82, 2.24) is 0 Å². The summed E-state index contributed by atoms with van der Waals surface area (Å²) >= 11 is 0. The van der Waals surface area contributed by atoms with Gasteiger partial charge in [-0.1, -0.05) is 6.07 Å². The number of aryl methyl sites for hydroxylation is 2. The summed E-state index contributed by atoms with van der Waals surface area (Å²) < 4.78 is 27.4. The summed E-state index contributed by atoms with van der Waals surface area (Å²) in [6.45, 7) is 3.43. The number of rotatable bonds is 2. The molecule has 0 atom stereocenters. The van der Waals surface area contributed by atoms with Gasteiger partial charge in [-0.05, 0) is 49.2 Å². The maximum absolute atomic E-state index is 13.8. The number of nitrogens with one attached hydrogen (secondary N) is 1. The molecule has 0 fully saturated rings. The summed E-state index contributed by atoms with van der Waals surface area (Å²) in [6.07, 6.45) is 0. The fourth-order valence-corrected chi connectivity index (χ4v) is 1.67. The fourth-order valence-electron chi connectivity index (χ4n) is 1.67. The minimum atomic E-state index is -0.618. The summed E-state index contributed by atoms with van der Waals surface area (Å²) in [7, 11) is 0. The van der Waals surface area contributed by atoms with Crippen molar-refractivity contribution in [2.24, 2.45) is 0 Å². The van der Waals surface area contributed by atoms with E-state index in [4.69, 9.17) is 5.73 Å². The molecular formula is C14H14F2N2. The van der Waals surface area contributed by atoms with Gasteiger partial charge in [-0.2, -0.15) is 0 Å². The molecule has 2 nitrogen and oxygen atoms in total. The number of benzene rings is 2. The number of anilines is 3. The van der Waals surface area contributed by atoms with Crippen LogP contribution >= 0.6 is 0 Å². The number of nitrogen functional groups attached to an aromatic ring is 1. The Morgan fingerprint density at radius 2 is 1.72 bits per heavy atom. The highest BCUT2D eigenvalue weighted by Gasteiger charge is 2.11. The second kappa shape index (κ2) is 4.64. The van der Waals surface area contributed by atoms with Gasteiger partial charge in [-0.25, -0.2) is 8.78 Å². The standard InChI is InChI=1S/C14H14F2N2/c1-8-3-5-11(15)14(13(8)16)18-10-4-6-12(17)9(2)7-10/h3-7,18H,17H2,1-2H3. The predicted molar refractivity (Wildman–Crippen MR) is 70.0 cm³/mol. The monoisotopic (exact) mass is 248 g/mol. The molecule has 2 aromatic rings. The molecule has 0 aromatic heterocycles. The van der Waals surface area contributed by atoms with Crippen LogP contribution in [0.4, 0.5) is 25.8 Å². The van der Waals surface area contributed by atoms with E-state index < -0.39 is 11.6 Å². The molecule has 94 valence electrons. The third-order valence-corrected chi connectivity index (χ3v) is 2.82. The lowest BCUT2D eigenvalue weighted by Gasteiger charge is -2.11. The van der Waals surface area contributed by atoms with Crippen LogP contribution in [-0.2, 0) is 0 Å². The molecule has 0 aliphatic rings. The Bertz CT molecular complexity index is 595. The van der Waals surface area contributed by atoms with Gasteiger partial charge in [0.05, 0.1) is 0 Å². The van der Waals surface area contributed by atoms with E-state index in [2.05, 4.69) is 5.32 Å². The van der Waals surface area contributed by atoms with Crippen molar-refractivity contribution >= 4 is 17.1 Å². The zero-order valence-electron chi connectivity index (χ0n) is 10.2. The van der Waals surface area contributed by atoms with Gasteiger partial charge in [-0.15, -0.1) is 0 Å². The second-order valence-corrected chi connectivity index (χ2v) is 4.25. The molecule has 2 aromatic carbocycles. The molecule has 0 amide bonds. The highest BCUT2D eigenvalue weighted by atomic mass is 19.1. The first kappa shape index (κ1) is 12.4. The lowest BCUT2D eigenvalue weighted by Crippen LogP contribution is -2.00. The van der Waals surface area contributed by atoms with Crippen LogP contribution in [0.25, 0.3) is 0 Å². The first-order valence-corrected chi connectivity index (χ1v) is 5.57. The fraction of sp³-hybridized carbons (Fsp3) is 0.143. The lowest BCUT2D eigenvalue weighted by molar-refractivity contribution is 0.585. The molecule has 0 saturated carbocycles. The van der Waals surface area contributed by atoms with E-state index in [-0.39, 0.29) is 5.69 Å². The molecule has 0 bridgehead atoms. The van der Waals surface area contributed by atoms with E-state index >= 15 is 0 Å². The molecule has 0 radical (unpaired) electrons. The predicted octanol–water partition coefficient (Wildman–Crippen LogP) is 3.91. The molecule has 0 aliphatic carbocycles. The van der Waals surface area contributed by atoms with E-state index in [1.165, 1.54) is 12.1 Å². The first-order valence-electron chi connectivity index (χ1n) is 5.57. The minimum absolute atomic E-state index is 0.140. The summed E-state index contributed by atoms with van der Waals surface area (Å²) in [5.41, 5.74) is 8.05. The zero-order chi connectivity index (χ0) is 13.3. The Balaban J connectivity index is 2.39. The first-order chi connectivity index (χ1) is 8.49. The van der Waals surface area contributed by atoms with Gasteiger partial charge >= 0.3 is 0 Å². The largest absolute Gasteiger partial charge is 0.399 e. The van der Waals surface area contributed by atoms with E-state index in [1.54, 1.807) is 25.1 Å². The smallest absolute Gasteiger partial charge is 0.152 e. The van der Waals surface area contributed by atoms with Crippen LogP contribution in [-0.4, -0.2) is 0 Å². The van der Waals surface area contributed by atoms with Crippen LogP contribution in [0.15, 0.2) is 30.3 Å². The number of halogens is 2. The Morgan fingerprint density at radius 1 is 1.00 bits per heavy atom. The van der Waals surface area contributed by atoms with Gasteiger partial charge in [0, 0.05) is 11.4 Å². The lowest BCUT2D eigenvalue weighted by atomic mass is 10.1. The van der Waals surface area contributed by atoms with Crippen molar-refractivity contribution in [2.75, 3.05) is 11.1 Å². The van der Waals surface area contributed by atoms with Crippen molar-refractivity contribution in [2.45, 2.75) is 13.8 Å². The normalized spacial score (nSPS) is 10.4. The Hall–Kier alpha value is -2.10. The minimum Gasteiger partial charge on any atom is -0.399 e. The van der Waals surface area contributed by atoms with Gasteiger partial charge < -0.3 is 11.1 Å². The third-order valence-electron chi connectivity index (χ3n) is 2.82. The van der Waals surface area contributed by atoms with Gasteiger partial charge in [0.1, 0.15) is 11.5 Å². The average molecular weight is 248 g/mol. The Labute approximate surface area is 104 Å². The van der Waals surface area contributed by atoms with E-state index in [0.29, 0.717) is 16.9 Å². The van der Waals surface area contributed by atoms with Crippen LogP contribution in [0, 0.1) is 25.5 Å². The molecule has 0 spiro atoms. The highest BCUT2D eigenvalue weighted by molar-refractivity contribution is 5.65. The maximum Gasteiger partial charge on any atom is 0.152 e. The SMILES string of the molecule is Cc1cc(Nc2c(F)ccc(C)c2F)ccc1N. The van der Waals surface area contributed by atoms with Gasteiger partial charge in [0.2, 0.25) is 0 Å². The summed E-state index contributed by atoms with van der Waals surface area (Å²) in [4.78, 5) is 0. The second-order valence-electron chi connectivity index (χ2n) is 4.25. The van der Waals surface area contributed by atoms with Crippen molar-refractivity contribution in [3.05, 3.63) is 53.1 Å². The van der Waals surface area contributed by atoms with Crippen LogP contribution < -0.4 is 11.1 Å². The molecule has 3 N–H and O–H groups in total. The molecule has 0 heterocycles. The molecule has 0 unspecified atom stereocenters. The maximum atomic E-state index is 13.8. The molecule has 18 heavy (non-hydrogen) atoms. The van der Waals surface area contributed by atoms with Crippen molar-refractivity contribution in [1.29, 1.82) is 0 Å². The number of hydrogen-bond acceptors (Lipinski definition) is 2. The Morgan fingerprint density at radius 3 is 2.39 bits per heavy atom. The molecule has 0 saturated heterocycles. The highest BCUT2D eigenvalue weighted by Crippen LogP contribution is 2.26. The molecule has 4 heteroatoms. The van der Waals surface area contributed by atoms with Crippen LogP contribution in [0.2, 0.25) is 0 Å². The van der Waals surface area contributed by atoms with Crippen LogP contribution in [0.3, 0.4) is 0 Å². The number of nitrogens with two attached hydrogens (primary N) is 1. The van der Waals surface area contributed by atoms with Gasteiger partial charge in [0.25, 0.3) is 0 Å². The zero-order valence-corrected chi connectivity index (χ0v) is 10.2. The Kier molecular flexibility index (Phi) is 3.19. The quantitative estimate of drug-likeness (QED) is 0.791. The van der Waals surface area contributed by atoms with Gasteiger partial charge in [-0.3, -0.25) is 0 Å². The topological polar surface area (TPSA) is 38.0 Å². The average Bonchev–Trinajstić information content (AvgIpc) is 2.34.